The van der Waals surface area contributed by atoms with E-state index in [1.165, 1.54) is 11.8 Å². The highest BCUT2D eigenvalue weighted by molar-refractivity contribution is 7.96. The number of ether oxygens (including phenoxy) is 2. The minimum absolute atomic E-state index is 0.0213. The smallest absolute Gasteiger partial charge is 0.357 e. The van der Waals surface area contributed by atoms with E-state index in [2.05, 4.69) is 5.32 Å². The number of nitrogens with zero attached hydrogens (tertiary/aromatic N) is 1. The lowest BCUT2D eigenvalue weighted by atomic mass is 10.0. The molecule has 0 aromatic heterocycles. The third kappa shape index (κ3) is 7.89. The predicted octanol–water partition coefficient (Wildman–Crippen LogP) is 5.94. The molecule has 1 aliphatic heterocycles. The number of nitrogens with one attached hydrogen (secondary N) is 1. The van der Waals surface area contributed by atoms with E-state index in [0.717, 1.165) is 32.6 Å². The largest absolute Gasteiger partial charge is 0.448 e. The Labute approximate surface area is 326 Å². The monoisotopic (exact) mass is 760 g/mol. The molecule has 280 valence electrons. The summed E-state index contributed by atoms with van der Waals surface area (Å²) < 4.78 is 12.9. The molecule has 8 nitrogen and oxygen atoms in total. The molecule has 1 aliphatic rings. The number of esters is 1. The summed E-state index contributed by atoms with van der Waals surface area (Å²) in [6.07, 6.45) is -2.04. The quantitative estimate of drug-likeness (QED) is 0.0838. The number of amides is 2. The van der Waals surface area contributed by atoms with Crippen molar-refractivity contribution in [3.8, 4) is 0 Å². The maximum atomic E-state index is 15.7. The summed E-state index contributed by atoms with van der Waals surface area (Å²) in [5, 5.41) is 5.22. The van der Waals surface area contributed by atoms with Crippen LogP contribution in [0, 0.1) is 0 Å². The van der Waals surface area contributed by atoms with Crippen molar-refractivity contribution in [2.45, 2.75) is 31.7 Å². The van der Waals surface area contributed by atoms with Crippen molar-refractivity contribution in [1.82, 2.24) is 10.2 Å². The van der Waals surface area contributed by atoms with Crippen LogP contribution in [0.25, 0.3) is 0 Å². The molecule has 6 aromatic carbocycles. The fourth-order valence-corrected chi connectivity index (χ4v) is 11.5. The van der Waals surface area contributed by atoms with E-state index in [4.69, 9.17) is 9.47 Å². The van der Waals surface area contributed by atoms with Gasteiger partial charge in [0.05, 0.1) is 6.42 Å². The molecule has 0 radical (unpaired) electrons. The van der Waals surface area contributed by atoms with E-state index in [1.807, 2.05) is 182 Å². The van der Waals surface area contributed by atoms with E-state index in [9.17, 15) is 14.4 Å². The van der Waals surface area contributed by atoms with Crippen molar-refractivity contribution in [3.63, 3.8) is 0 Å². The van der Waals surface area contributed by atoms with E-state index in [-0.39, 0.29) is 24.2 Å². The van der Waals surface area contributed by atoms with Gasteiger partial charge < -0.3 is 14.8 Å². The van der Waals surface area contributed by atoms with Crippen LogP contribution < -0.4 is 21.2 Å². The van der Waals surface area contributed by atoms with Crippen LogP contribution in [0.4, 0.5) is 0 Å². The number of likely N-dealkylation sites (tertiary alicyclic amines) is 1. The average molecular weight is 761 g/mol. The van der Waals surface area contributed by atoms with Gasteiger partial charge in [-0.25, -0.2) is 4.79 Å². The third-order valence-electron chi connectivity index (χ3n) is 9.61. The van der Waals surface area contributed by atoms with Crippen LogP contribution >= 0.6 is 6.89 Å². The van der Waals surface area contributed by atoms with Gasteiger partial charge in [0, 0.05) is 6.89 Å². The zero-order chi connectivity index (χ0) is 38.9. The lowest BCUT2D eigenvalue weighted by Crippen LogP contribution is -2.74. The minimum atomic E-state index is -3.35. The number of carbonyl (C=O) groups is 4. The molecule has 7 rings (SSSR count). The van der Waals surface area contributed by atoms with Crippen LogP contribution in [0.1, 0.15) is 29.7 Å². The zero-order valence-electron chi connectivity index (χ0n) is 30.8. The standard InChI is InChI=1S/C47H41N2O6P/c1-34(50)33-54-45-42(48-41(51)32-35-20-8-2-9-21-35)44(52)49(45)46(47(53)55-43(36-22-10-3-11-23-36)37-24-12-4-13-25-37)56(38-26-14-5-15-27-38,39-28-16-6-17-29-39)40-30-18-7-19-31-40/h2-31,42-43,45H,32-33H2,1H3,(H,48,51)/t42-,45-/m0/s1. The molecular weight excluding hydrogens is 719 g/mol. The minimum Gasteiger partial charge on any atom is -0.448 e. The number of β-lactam (4-membered cyclic amide) rings is 1. The highest BCUT2D eigenvalue weighted by Crippen LogP contribution is 2.49. The maximum Gasteiger partial charge on any atom is 0.357 e. The molecule has 2 atom stereocenters. The Morgan fingerprint density at radius 3 is 1.46 bits per heavy atom. The normalized spacial score (nSPS) is 15.1. The van der Waals surface area contributed by atoms with Crippen LogP contribution in [-0.2, 0) is 35.1 Å². The molecule has 6 aromatic rings. The molecule has 0 unspecified atom stereocenters. The van der Waals surface area contributed by atoms with Gasteiger partial charge in [-0.1, -0.05) is 182 Å². The number of hydrogen-bond acceptors (Lipinski definition) is 6. The molecule has 56 heavy (non-hydrogen) atoms. The molecule has 1 fully saturated rings. The van der Waals surface area contributed by atoms with Crippen LogP contribution in [0.2, 0.25) is 0 Å². The summed E-state index contributed by atoms with van der Waals surface area (Å²) >= 11 is 0. The first-order valence-corrected chi connectivity index (χ1v) is 20.2. The summed E-state index contributed by atoms with van der Waals surface area (Å²) in [6, 6.07) is 55.8. The maximum absolute atomic E-state index is 15.7. The summed E-state index contributed by atoms with van der Waals surface area (Å²) in [4.78, 5) is 57.8. The number of carbonyl (C=O) groups excluding carboxylic acids is 4. The second kappa shape index (κ2) is 17.4. The molecule has 1 heterocycles. The number of Topliss-reactive ketones (excluding diaryl/α,β-unsaturated/α-hetero) is 1. The molecule has 0 saturated carbocycles. The van der Waals surface area contributed by atoms with Crippen molar-refractivity contribution in [2.24, 2.45) is 0 Å². The zero-order valence-corrected chi connectivity index (χ0v) is 31.7. The van der Waals surface area contributed by atoms with Crippen molar-refractivity contribution in [3.05, 3.63) is 199 Å². The van der Waals surface area contributed by atoms with Crippen molar-refractivity contribution in [1.29, 1.82) is 0 Å². The van der Waals surface area contributed by atoms with Gasteiger partial charge in [-0.3, -0.25) is 19.3 Å². The molecule has 0 bridgehead atoms. The average Bonchev–Trinajstić information content (AvgIpc) is 3.24. The fraction of sp³-hybridized carbons (Fsp3) is 0.128. The van der Waals surface area contributed by atoms with Gasteiger partial charge in [-0.2, -0.15) is 0 Å². The van der Waals surface area contributed by atoms with E-state index >= 15 is 4.79 Å². The van der Waals surface area contributed by atoms with Crippen molar-refractivity contribution in [2.75, 3.05) is 6.61 Å². The molecule has 1 saturated heterocycles. The molecule has 0 aliphatic carbocycles. The Morgan fingerprint density at radius 1 is 0.625 bits per heavy atom. The first kappa shape index (κ1) is 38.0. The number of hydrogen-bond donors (Lipinski definition) is 1. The second-order valence-corrected chi connectivity index (χ2v) is 16.7. The van der Waals surface area contributed by atoms with E-state index in [0.29, 0.717) is 0 Å². The topological polar surface area (TPSA) is 102 Å². The predicted molar refractivity (Wildman–Crippen MR) is 220 cm³/mol. The Morgan fingerprint density at radius 2 is 1.04 bits per heavy atom. The van der Waals surface area contributed by atoms with Gasteiger partial charge >= 0.3 is 5.97 Å². The SMILES string of the molecule is CC(=O)CO[C@H]1[C@@H](NC(=O)Cc2ccccc2)C(=O)N1C(C(=O)OC(c1ccccc1)c1ccccc1)=P(c1ccccc1)(c1ccccc1)c1ccccc1. The molecular formula is C47H41N2O6P. The second-order valence-electron chi connectivity index (χ2n) is 13.4. The Balaban J connectivity index is 1.48. The van der Waals surface area contributed by atoms with Gasteiger partial charge in [0.15, 0.2) is 24.2 Å². The highest BCUT2D eigenvalue weighted by atomic mass is 31.2. The first-order chi connectivity index (χ1) is 27.4. The fourth-order valence-electron chi connectivity index (χ4n) is 7.11. The third-order valence-corrected chi connectivity index (χ3v) is 13.9. The summed E-state index contributed by atoms with van der Waals surface area (Å²) in [5.74, 6) is -1.99. The first-order valence-electron chi connectivity index (χ1n) is 18.4. The van der Waals surface area contributed by atoms with Gasteiger partial charge in [-0.05, 0) is 39.5 Å². The Bertz CT molecular complexity index is 2200. The summed E-state index contributed by atoms with van der Waals surface area (Å²) in [5.41, 5.74) is 2.30. The molecule has 1 N–H and O–H groups in total. The highest BCUT2D eigenvalue weighted by Gasteiger charge is 2.55. The van der Waals surface area contributed by atoms with Gasteiger partial charge in [-0.15, -0.1) is 0 Å². The Hall–Kier alpha value is -6.34. The molecule has 9 heteroatoms. The molecule has 0 spiro atoms. The summed E-state index contributed by atoms with van der Waals surface area (Å²) in [7, 11) is 0. The lowest BCUT2D eigenvalue weighted by molar-refractivity contribution is -0.175. The number of ketones is 1. The summed E-state index contributed by atoms with van der Waals surface area (Å²) in [6.45, 7) is -2.32. The van der Waals surface area contributed by atoms with Crippen LogP contribution in [0.5, 0.6) is 0 Å². The Kier molecular flexibility index (Phi) is 11.8. The van der Waals surface area contributed by atoms with E-state index < -0.39 is 43.0 Å². The molecule has 2 amide bonds. The van der Waals surface area contributed by atoms with Crippen LogP contribution in [0.3, 0.4) is 0 Å². The van der Waals surface area contributed by atoms with Gasteiger partial charge in [0.1, 0.15) is 12.0 Å². The van der Waals surface area contributed by atoms with Crippen molar-refractivity contribution < 1.29 is 28.7 Å². The lowest BCUT2D eigenvalue weighted by Gasteiger charge is -2.49. The van der Waals surface area contributed by atoms with Crippen molar-refractivity contribution >= 4 is 51.8 Å². The van der Waals surface area contributed by atoms with Crippen LogP contribution in [-0.4, -0.2) is 52.8 Å². The van der Waals surface area contributed by atoms with E-state index in [1.54, 1.807) is 0 Å². The number of rotatable bonds is 14. The van der Waals surface area contributed by atoms with Crippen LogP contribution in [0.15, 0.2) is 182 Å². The van der Waals surface area contributed by atoms with Gasteiger partial charge in [0.25, 0.3) is 5.91 Å². The number of benzene rings is 6. The van der Waals surface area contributed by atoms with Gasteiger partial charge in [0.2, 0.25) is 5.91 Å².